The second kappa shape index (κ2) is 5.46. The van der Waals surface area contributed by atoms with Gasteiger partial charge in [-0.05, 0) is 29.7 Å². The number of aromatic nitrogens is 3. The smallest absolute Gasteiger partial charge is 0.222 e. The van der Waals surface area contributed by atoms with Gasteiger partial charge >= 0.3 is 0 Å². The number of benzene rings is 2. The van der Waals surface area contributed by atoms with E-state index in [0.29, 0.717) is 0 Å². The van der Waals surface area contributed by atoms with E-state index in [2.05, 4.69) is 45.7 Å². The van der Waals surface area contributed by atoms with Crippen molar-refractivity contribution in [1.29, 1.82) is 0 Å². The molecule has 22 heavy (non-hydrogen) atoms. The number of anilines is 1. The number of hydrogen-bond acceptors (Lipinski definition) is 3. The largest absolute Gasteiger partial charge is 0.348 e. The third-order valence-corrected chi connectivity index (χ3v) is 4.30. The van der Waals surface area contributed by atoms with Crippen LogP contribution in [0.1, 0.15) is 29.6 Å². The zero-order chi connectivity index (χ0) is 14.9. The normalized spacial score (nSPS) is 20.2. The lowest BCUT2D eigenvalue weighted by Gasteiger charge is -2.31. The zero-order valence-corrected chi connectivity index (χ0v) is 12.6. The number of fused-ring (bicyclic) bond motifs is 1. The molecule has 1 aliphatic rings. The lowest BCUT2D eigenvalue weighted by Crippen LogP contribution is -2.28. The highest BCUT2D eigenvalue weighted by molar-refractivity contribution is 6.30. The van der Waals surface area contributed by atoms with E-state index in [0.717, 1.165) is 23.0 Å². The maximum atomic E-state index is 6.16. The first kappa shape index (κ1) is 13.3. The summed E-state index contributed by atoms with van der Waals surface area (Å²) >= 11 is 6.16. The van der Waals surface area contributed by atoms with Gasteiger partial charge in [0.05, 0.1) is 12.1 Å². The van der Waals surface area contributed by atoms with E-state index < -0.39 is 0 Å². The van der Waals surface area contributed by atoms with Gasteiger partial charge in [0.25, 0.3) is 0 Å². The van der Waals surface area contributed by atoms with Crippen LogP contribution in [0.25, 0.3) is 0 Å². The molecule has 0 saturated heterocycles. The number of nitrogens with zero attached hydrogens (tertiary/aromatic N) is 3. The van der Waals surface area contributed by atoms with Crippen molar-refractivity contribution in [3.05, 3.63) is 77.1 Å². The van der Waals surface area contributed by atoms with Crippen LogP contribution in [0, 0.1) is 0 Å². The molecule has 4 nitrogen and oxygen atoms in total. The Morgan fingerprint density at radius 2 is 1.86 bits per heavy atom. The van der Waals surface area contributed by atoms with E-state index in [9.17, 15) is 0 Å². The average molecular weight is 311 g/mol. The average Bonchev–Trinajstić information content (AvgIpc) is 3.03. The first-order valence-corrected chi connectivity index (χ1v) is 7.65. The number of halogens is 1. The lowest BCUT2D eigenvalue weighted by atomic mass is 9.93. The van der Waals surface area contributed by atoms with Gasteiger partial charge in [0.15, 0.2) is 0 Å². The summed E-state index contributed by atoms with van der Waals surface area (Å²) in [7, 11) is 0. The van der Waals surface area contributed by atoms with Crippen molar-refractivity contribution in [2.75, 3.05) is 5.32 Å². The Morgan fingerprint density at radius 3 is 2.68 bits per heavy atom. The first-order valence-electron chi connectivity index (χ1n) is 7.28. The van der Waals surface area contributed by atoms with Gasteiger partial charge in [0.2, 0.25) is 5.95 Å². The highest BCUT2D eigenvalue weighted by atomic mass is 35.5. The minimum Gasteiger partial charge on any atom is -0.348 e. The predicted octanol–water partition coefficient (Wildman–Crippen LogP) is 4.08. The van der Waals surface area contributed by atoms with Gasteiger partial charge in [-0.3, -0.25) is 0 Å². The summed E-state index contributed by atoms with van der Waals surface area (Å²) in [5.74, 6) is 0.796. The van der Waals surface area contributed by atoms with Crippen molar-refractivity contribution in [2.45, 2.75) is 18.5 Å². The van der Waals surface area contributed by atoms with Gasteiger partial charge in [0, 0.05) is 5.02 Å². The van der Waals surface area contributed by atoms with E-state index in [1.54, 1.807) is 6.33 Å². The predicted molar refractivity (Wildman–Crippen MR) is 87.0 cm³/mol. The second-order valence-electron chi connectivity index (χ2n) is 5.44. The molecule has 2 atom stereocenters. The first-order chi connectivity index (χ1) is 10.8. The van der Waals surface area contributed by atoms with Crippen molar-refractivity contribution in [1.82, 2.24) is 14.8 Å². The summed E-state index contributed by atoms with van der Waals surface area (Å²) in [6.45, 7) is 0. The van der Waals surface area contributed by atoms with Gasteiger partial charge < -0.3 is 5.32 Å². The maximum Gasteiger partial charge on any atom is 0.222 e. The van der Waals surface area contributed by atoms with Crippen LogP contribution >= 0.6 is 11.6 Å². The molecule has 0 spiro atoms. The van der Waals surface area contributed by atoms with Crippen molar-refractivity contribution >= 4 is 17.5 Å². The molecule has 0 saturated carbocycles. The van der Waals surface area contributed by atoms with Crippen LogP contribution in [-0.4, -0.2) is 14.8 Å². The lowest BCUT2D eigenvalue weighted by molar-refractivity contribution is 0.431. The minimum atomic E-state index is 0.127. The fourth-order valence-corrected chi connectivity index (χ4v) is 3.21. The van der Waals surface area contributed by atoms with Gasteiger partial charge in [-0.2, -0.15) is 10.1 Å². The van der Waals surface area contributed by atoms with Crippen LogP contribution in [0.5, 0.6) is 0 Å². The summed E-state index contributed by atoms with van der Waals surface area (Å²) in [4.78, 5) is 4.34. The van der Waals surface area contributed by atoms with E-state index in [1.807, 2.05) is 28.9 Å². The van der Waals surface area contributed by atoms with Gasteiger partial charge in [-0.15, -0.1) is 0 Å². The molecule has 2 heterocycles. The molecule has 0 fully saturated rings. The molecule has 1 N–H and O–H groups in total. The van der Waals surface area contributed by atoms with Crippen LogP contribution in [0.2, 0.25) is 5.02 Å². The molecule has 0 aliphatic carbocycles. The van der Waals surface area contributed by atoms with Gasteiger partial charge in [-0.25, -0.2) is 4.68 Å². The summed E-state index contributed by atoms with van der Waals surface area (Å²) in [6, 6.07) is 18.7. The Bertz CT molecular complexity index is 784. The molecular formula is C17H15ClN4. The van der Waals surface area contributed by atoms with E-state index >= 15 is 0 Å². The third-order valence-electron chi connectivity index (χ3n) is 4.07. The molecule has 0 unspecified atom stereocenters. The van der Waals surface area contributed by atoms with Crippen molar-refractivity contribution in [2.24, 2.45) is 0 Å². The van der Waals surface area contributed by atoms with Crippen LogP contribution in [0.3, 0.4) is 0 Å². The summed E-state index contributed by atoms with van der Waals surface area (Å²) in [5, 5.41) is 8.58. The summed E-state index contributed by atoms with van der Waals surface area (Å²) in [6.07, 6.45) is 2.49. The summed E-state index contributed by atoms with van der Waals surface area (Å²) < 4.78 is 1.94. The molecule has 1 aromatic heterocycles. The quantitative estimate of drug-likeness (QED) is 0.775. The molecule has 0 amide bonds. The van der Waals surface area contributed by atoms with Gasteiger partial charge in [0.1, 0.15) is 6.33 Å². The van der Waals surface area contributed by atoms with Crippen LogP contribution < -0.4 is 5.32 Å². The van der Waals surface area contributed by atoms with Crippen LogP contribution in [0.15, 0.2) is 60.9 Å². The Balaban J connectivity index is 1.75. The molecule has 1 aliphatic heterocycles. The van der Waals surface area contributed by atoms with Crippen molar-refractivity contribution in [3.63, 3.8) is 0 Å². The highest BCUT2D eigenvalue weighted by Crippen LogP contribution is 2.37. The van der Waals surface area contributed by atoms with Crippen LogP contribution in [0.4, 0.5) is 5.95 Å². The topological polar surface area (TPSA) is 42.7 Å². The molecule has 0 radical (unpaired) electrons. The molecule has 0 bridgehead atoms. The molecule has 3 aromatic rings. The Labute approximate surface area is 133 Å². The van der Waals surface area contributed by atoms with E-state index in [4.69, 9.17) is 11.6 Å². The van der Waals surface area contributed by atoms with E-state index in [1.165, 1.54) is 5.56 Å². The standard InChI is InChI=1S/C17H15ClN4/c18-14-8-4-7-13(9-14)16-10-15(12-5-2-1-3-6-12)21-17-19-11-20-22(16)17/h1-9,11,15-16H,10H2,(H,19,20,21)/t15-,16+/m0/s1. The fourth-order valence-electron chi connectivity index (χ4n) is 3.02. The molecule has 110 valence electrons. The summed E-state index contributed by atoms with van der Waals surface area (Å²) in [5.41, 5.74) is 2.41. The van der Waals surface area contributed by atoms with Gasteiger partial charge in [-0.1, -0.05) is 54.1 Å². The number of rotatable bonds is 2. The maximum absolute atomic E-state index is 6.16. The monoisotopic (exact) mass is 310 g/mol. The van der Waals surface area contributed by atoms with Crippen molar-refractivity contribution < 1.29 is 0 Å². The Kier molecular flexibility index (Phi) is 3.31. The fraction of sp³-hybridized carbons (Fsp3) is 0.176. The van der Waals surface area contributed by atoms with E-state index in [-0.39, 0.29) is 12.1 Å². The number of hydrogen-bond donors (Lipinski definition) is 1. The zero-order valence-electron chi connectivity index (χ0n) is 11.9. The molecule has 4 rings (SSSR count). The molecule has 2 aromatic carbocycles. The SMILES string of the molecule is Clc1cccc([C@H]2C[C@@H](c3ccccc3)Nc3ncnn32)c1. The second-order valence-corrected chi connectivity index (χ2v) is 5.88. The highest BCUT2D eigenvalue weighted by Gasteiger charge is 2.29. The van der Waals surface area contributed by atoms with Crippen molar-refractivity contribution in [3.8, 4) is 0 Å². The Morgan fingerprint density at radius 1 is 1.05 bits per heavy atom. The third kappa shape index (κ3) is 2.35. The number of nitrogens with one attached hydrogen (secondary N) is 1. The van der Waals surface area contributed by atoms with Crippen LogP contribution in [-0.2, 0) is 0 Å². The molecular weight excluding hydrogens is 296 g/mol. The molecule has 5 heteroatoms. The minimum absolute atomic E-state index is 0.127. The Hall–Kier alpha value is -2.33.